The van der Waals surface area contributed by atoms with Crippen LogP contribution in [0.15, 0.2) is 29.4 Å². The van der Waals surface area contributed by atoms with Gasteiger partial charge in [-0.05, 0) is 18.9 Å². The monoisotopic (exact) mass is 339 g/mol. The minimum Gasteiger partial charge on any atom is -0.478 e. The van der Waals surface area contributed by atoms with Gasteiger partial charge in [0.25, 0.3) is 0 Å². The maximum absolute atomic E-state index is 11.0. The Bertz CT molecular complexity index is 512. The number of pyridine rings is 1. The van der Waals surface area contributed by atoms with Gasteiger partial charge in [0.05, 0.1) is 6.61 Å². The van der Waals surface area contributed by atoms with Gasteiger partial charge in [-0.1, -0.05) is 6.07 Å². The van der Waals surface area contributed by atoms with Crippen LogP contribution in [0.2, 0.25) is 0 Å². The van der Waals surface area contributed by atoms with Crippen molar-refractivity contribution in [2.45, 2.75) is 12.8 Å². The molecule has 21 heavy (non-hydrogen) atoms. The summed E-state index contributed by atoms with van der Waals surface area (Å²) in [6, 6.07) is 5.21. The zero-order valence-corrected chi connectivity index (χ0v) is 12.8. The number of unbranched alkanes of at least 4 members (excludes halogenated alkanes) is 1. The van der Waals surface area contributed by atoms with E-state index in [1.807, 2.05) is 0 Å². The summed E-state index contributed by atoms with van der Waals surface area (Å²) in [6.07, 6.45) is 2.48. The average molecular weight is 339 g/mol. The molecule has 0 aliphatic heterocycles. The normalized spacial score (nSPS) is 13.3. The molecule has 1 heterocycles. The topological polar surface area (TPSA) is 153 Å². The van der Waals surface area contributed by atoms with Gasteiger partial charge in [-0.3, -0.25) is 0 Å². The van der Waals surface area contributed by atoms with Crippen LogP contribution in [0.5, 0.6) is 5.88 Å². The second-order valence-corrected chi connectivity index (χ2v) is 7.44. The molecule has 1 rings (SSSR count). The number of hydrogen-bond donors (Lipinski definition) is 5. The van der Waals surface area contributed by atoms with E-state index in [2.05, 4.69) is 9.98 Å². The van der Waals surface area contributed by atoms with E-state index in [1.165, 1.54) is 0 Å². The molecule has 0 fully saturated rings. The molecule has 9 nitrogen and oxygen atoms in total. The number of aromatic nitrogens is 1. The Kier molecular flexibility index (Phi) is 6.83. The van der Waals surface area contributed by atoms with Gasteiger partial charge in [0.2, 0.25) is 5.88 Å². The molecule has 0 amide bonds. The zero-order valence-electron chi connectivity index (χ0n) is 11.0. The molecule has 0 atom stereocenters. The van der Waals surface area contributed by atoms with Gasteiger partial charge in [0.1, 0.15) is 0 Å². The molecule has 1 aromatic heterocycles. The summed E-state index contributed by atoms with van der Waals surface area (Å²) in [4.78, 5) is 51.8. The van der Waals surface area contributed by atoms with Crippen molar-refractivity contribution >= 4 is 20.7 Å². The fourth-order valence-corrected chi connectivity index (χ4v) is 3.34. The van der Waals surface area contributed by atoms with Crippen LogP contribution in [0.25, 0.3) is 0 Å². The predicted molar refractivity (Wildman–Crippen MR) is 76.9 cm³/mol. The lowest BCUT2D eigenvalue weighted by molar-refractivity contribution is 0.296. The molecule has 0 saturated carbocycles. The second-order valence-electron chi connectivity index (χ2n) is 4.02. The number of ether oxygens (including phenoxy) is 1. The lowest BCUT2D eigenvalue weighted by atomic mass is 10.3. The summed E-state index contributed by atoms with van der Waals surface area (Å²) in [5.74, 6) is 0.461. The maximum Gasteiger partial charge on any atom is 0.469 e. The van der Waals surface area contributed by atoms with Crippen LogP contribution < -0.4 is 4.74 Å². The molecule has 0 unspecified atom stereocenters. The third kappa shape index (κ3) is 7.06. The molecule has 118 valence electrons. The van der Waals surface area contributed by atoms with E-state index in [9.17, 15) is 4.57 Å². The number of nitrogens with zero attached hydrogens (tertiary/aromatic N) is 2. The molecule has 0 saturated heterocycles. The number of rotatable bonds is 8. The standard InChI is InChI=1S/C10H16N2O7P2/c13-20(14,15)10(21(16,17)18)12-7-3-4-8-19-9-5-1-2-6-11-9/h1-2,5-6,13-15H,3-4,7-8H2,(H-,16,17,18)/p+1. The van der Waals surface area contributed by atoms with E-state index >= 15 is 0 Å². The first-order valence-electron chi connectivity index (χ1n) is 5.93. The first-order chi connectivity index (χ1) is 9.71. The molecule has 11 heteroatoms. The van der Waals surface area contributed by atoms with E-state index < -0.39 is 20.7 Å². The minimum absolute atomic E-state index is 0.0740. The third-order valence-electron chi connectivity index (χ3n) is 2.22. The highest BCUT2D eigenvalue weighted by molar-refractivity contribution is 8.00. The lowest BCUT2D eigenvalue weighted by Gasteiger charge is -2.08. The van der Waals surface area contributed by atoms with Crippen LogP contribution in [0.1, 0.15) is 12.8 Å². The van der Waals surface area contributed by atoms with Crippen molar-refractivity contribution in [3.63, 3.8) is 0 Å². The van der Waals surface area contributed by atoms with Gasteiger partial charge in [0, 0.05) is 18.8 Å². The van der Waals surface area contributed by atoms with E-state index in [0.29, 0.717) is 25.3 Å². The molecule has 0 spiro atoms. The van der Waals surface area contributed by atoms with E-state index in [0.717, 1.165) is 0 Å². The van der Waals surface area contributed by atoms with Crippen molar-refractivity contribution in [2.24, 2.45) is 4.99 Å². The zero-order chi connectivity index (χ0) is 15.9. The van der Waals surface area contributed by atoms with E-state index in [-0.39, 0.29) is 6.54 Å². The highest BCUT2D eigenvalue weighted by Crippen LogP contribution is 2.60. The molecule has 0 aromatic carbocycles. The Labute approximate surface area is 121 Å². The van der Waals surface area contributed by atoms with Gasteiger partial charge in [-0.15, -0.1) is 0 Å². The average Bonchev–Trinajstić information content (AvgIpc) is 2.35. The SMILES string of the molecule is O=P(O)(O)C(=NCCCCOc1ccccn1)[P+](O)(O)O. The quantitative estimate of drug-likeness (QED) is 0.261. The molecule has 1 aromatic rings. The van der Waals surface area contributed by atoms with Gasteiger partial charge < -0.3 is 14.5 Å². The Balaban J connectivity index is 2.38. The van der Waals surface area contributed by atoms with Crippen molar-refractivity contribution in [1.29, 1.82) is 0 Å². The Morgan fingerprint density at radius 2 is 2.00 bits per heavy atom. The predicted octanol–water partition coefficient (Wildman–Crippen LogP) is 0.514. The molecule has 5 N–H and O–H groups in total. The van der Waals surface area contributed by atoms with E-state index in [4.69, 9.17) is 29.2 Å². The van der Waals surface area contributed by atoms with Crippen molar-refractivity contribution < 1.29 is 33.8 Å². The fraction of sp³-hybridized carbons (Fsp3) is 0.400. The minimum atomic E-state index is -4.99. The molecule has 0 aliphatic carbocycles. The smallest absolute Gasteiger partial charge is 0.469 e. The summed E-state index contributed by atoms with van der Waals surface area (Å²) in [5.41, 5.74) is 0. The third-order valence-corrected chi connectivity index (χ3v) is 5.15. The van der Waals surface area contributed by atoms with Gasteiger partial charge in [-0.25, -0.2) is 14.5 Å². The maximum atomic E-state index is 11.0. The molecule has 0 bridgehead atoms. The summed E-state index contributed by atoms with van der Waals surface area (Å²) in [6.45, 7) is 0.255. The van der Waals surface area contributed by atoms with Crippen molar-refractivity contribution in [3.8, 4) is 5.88 Å². The van der Waals surface area contributed by atoms with Crippen LogP contribution in [0.4, 0.5) is 0 Å². The Hall–Kier alpha value is -0.920. The molecule has 0 radical (unpaired) electrons. The van der Waals surface area contributed by atoms with Gasteiger partial charge >= 0.3 is 20.7 Å². The van der Waals surface area contributed by atoms with Crippen LogP contribution >= 0.6 is 15.5 Å². The molecular weight excluding hydrogens is 322 g/mol. The van der Waals surface area contributed by atoms with Gasteiger partial charge in [-0.2, -0.15) is 14.7 Å². The van der Waals surface area contributed by atoms with Gasteiger partial charge in [0.15, 0.2) is 0 Å². The summed E-state index contributed by atoms with van der Waals surface area (Å²) in [7, 11) is -9.80. The number of aliphatic imine (C=N–C) groups is 1. The lowest BCUT2D eigenvalue weighted by Crippen LogP contribution is -2.07. The summed E-state index contributed by atoms with van der Waals surface area (Å²) >= 11 is 0. The van der Waals surface area contributed by atoms with Crippen molar-refractivity contribution in [3.05, 3.63) is 24.4 Å². The van der Waals surface area contributed by atoms with Crippen molar-refractivity contribution in [2.75, 3.05) is 13.2 Å². The van der Waals surface area contributed by atoms with Crippen LogP contribution in [0, 0.1) is 0 Å². The molecule has 0 aliphatic rings. The van der Waals surface area contributed by atoms with Crippen molar-refractivity contribution in [1.82, 2.24) is 4.98 Å². The summed E-state index contributed by atoms with van der Waals surface area (Å²) in [5, 5.41) is -1.26. The highest BCUT2D eigenvalue weighted by atomic mass is 31.3. The van der Waals surface area contributed by atoms with Crippen LogP contribution in [-0.2, 0) is 4.57 Å². The molecular formula is C10H17N2O7P2+. The Morgan fingerprint density at radius 1 is 1.29 bits per heavy atom. The Morgan fingerprint density at radius 3 is 2.52 bits per heavy atom. The van der Waals surface area contributed by atoms with Crippen LogP contribution in [-0.4, -0.2) is 47.8 Å². The first kappa shape index (κ1) is 18.1. The van der Waals surface area contributed by atoms with Crippen LogP contribution in [0.3, 0.4) is 0 Å². The number of hydrogen-bond acceptors (Lipinski definition) is 7. The summed E-state index contributed by atoms with van der Waals surface area (Å²) < 4.78 is 16.3. The highest BCUT2D eigenvalue weighted by Gasteiger charge is 2.51. The largest absolute Gasteiger partial charge is 0.478 e. The second kappa shape index (κ2) is 7.91. The fourth-order valence-electron chi connectivity index (χ4n) is 1.36. The first-order valence-corrected chi connectivity index (χ1v) is 9.19. The van der Waals surface area contributed by atoms with E-state index in [1.54, 1.807) is 24.4 Å².